The normalized spacial score (nSPS) is 37.4. The van der Waals surface area contributed by atoms with Crippen LogP contribution in [0.15, 0.2) is 23.5 Å². The lowest BCUT2D eigenvalue weighted by atomic mass is 9.47. The van der Waals surface area contributed by atoms with Crippen molar-refractivity contribution in [2.75, 3.05) is 5.75 Å². The first-order valence-corrected chi connectivity index (χ1v) is 17.6. The second-order valence-electron chi connectivity index (χ2n) is 12.9. The maximum absolute atomic E-state index is 5.86. The maximum atomic E-state index is 5.86. The summed E-state index contributed by atoms with van der Waals surface area (Å²) in [5, 5.41) is 0.743. The highest BCUT2D eigenvalue weighted by molar-refractivity contribution is 8.77. The largest absolute Gasteiger partial charge is 0.403 e. The van der Waals surface area contributed by atoms with Crippen molar-refractivity contribution in [3.05, 3.63) is 23.5 Å². The van der Waals surface area contributed by atoms with Crippen LogP contribution in [-0.4, -0.2) is 11.0 Å². The summed E-state index contributed by atoms with van der Waals surface area (Å²) in [7, 11) is 3.93. The molecule has 0 heterocycles. The Balaban J connectivity index is 0.000000583. The van der Waals surface area contributed by atoms with Crippen LogP contribution in [0.2, 0.25) is 0 Å². The van der Waals surface area contributed by atoms with E-state index in [-0.39, 0.29) is 0 Å². The van der Waals surface area contributed by atoms with Crippen LogP contribution in [0.5, 0.6) is 0 Å². The first-order valence-electron chi connectivity index (χ1n) is 15.3. The summed E-state index contributed by atoms with van der Waals surface area (Å²) in [4.78, 5) is 0. The van der Waals surface area contributed by atoms with Crippen molar-refractivity contribution in [3.8, 4) is 0 Å². The Morgan fingerprint density at radius 1 is 1.03 bits per heavy atom. The molecule has 0 bridgehead atoms. The standard InChI is InChI=1S/C25H42N2S2.C4H10.C3H8/c1-16(2)21-7-8-22-20-6-5-17-13-19(29-28-15-18(27)14-26)9-11-24(17,3)23(20)10-12-25(21,22)4;1-3-4-2;1-3-2/h5,14,16,19-23H,6-13,15,26-27H2,1-4H3;3-4H2,1-2H3;3H2,1-2H3/b18-14-;;. The molecule has 4 aliphatic rings. The number of nitrogens with two attached hydrogens (primary N) is 2. The number of hydrogen-bond donors (Lipinski definition) is 2. The number of allylic oxidation sites excluding steroid dienone is 2. The van der Waals surface area contributed by atoms with E-state index < -0.39 is 0 Å². The Morgan fingerprint density at radius 3 is 2.28 bits per heavy atom. The zero-order valence-electron chi connectivity index (χ0n) is 25.1. The third-order valence-electron chi connectivity index (χ3n) is 10.1. The Labute approximate surface area is 233 Å². The molecule has 0 aromatic carbocycles. The molecule has 4 heteroatoms. The highest BCUT2D eigenvalue weighted by Crippen LogP contribution is 2.67. The van der Waals surface area contributed by atoms with Crippen molar-refractivity contribution in [3.63, 3.8) is 0 Å². The van der Waals surface area contributed by atoms with E-state index in [1.807, 2.05) is 21.6 Å². The minimum atomic E-state index is 0.470. The summed E-state index contributed by atoms with van der Waals surface area (Å²) >= 11 is 0. The first-order chi connectivity index (χ1) is 17.1. The number of unbranched alkanes of at least 4 members (excludes halogenated alkanes) is 1. The predicted molar refractivity (Wildman–Crippen MR) is 167 cm³/mol. The quantitative estimate of drug-likeness (QED) is 0.262. The van der Waals surface area contributed by atoms with Gasteiger partial charge in [-0.05, 0) is 91.8 Å². The topological polar surface area (TPSA) is 52.0 Å². The average molecular weight is 537 g/mol. The van der Waals surface area contributed by atoms with Gasteiger partial charge in [0.25, 0.3) is 0 Å². The number of hydrogen-bond acceptors (Lipinski definition) is 4. The molecule has 0 saturated heterocycles. The number of rotatable bonds is 6. The van der Waals surface area contributed by atoms with Crippen LogP contribution < -0.4 is 11.5 Å². The van der Waals surface area contributed by atoms with Gasteiger partial charge >= 0.3 is 0 Å². The first kappa shape index (κ1) is 32.0. The van der Waals surface area contributed by atoms with E-state index in [0.29, 0.717) is 10.8 Å². The van der Waals surface area contributed by atoms with Crippen molar-refractivity contribution in [1.29, 1.82) is 0 Å². The van der Waals surface area contributed by atoms with E-state index in [1.165, 1.54) is 70.6 Å². The van der Waals surface area contributed by atoms with Crippen LogP contribution >= 0.6 is 21.6 Å². The molecule has 210 valence electrons. The molecule has 0 amide bonds. The van der Waals surface area contributed by atoms with Crippen LogP contribution in [0.4, 0.5) is 0 Å². The molecular weight excluding hydrogens is 477 g/mol. The molecular formula is C32H60N2S2. The lowest BCUT2D eigenvalue weighted by Gasteiger charge is -2.58. The zero-order chi connectivity index (χ0) is 26.9. The molecule has 4 N–H and O–H groups in total. The van der Waals surface area contributed by atoms with Gasteiger partial charge in [-0.2, -0.15) is 0 Å². The van der Waals surface area contributed by atoms with E-state index in [2.05, 4.69) is 61.5 Å². The third-order valence-corrected chi connectivity index (χ3v) is 12.9. The van der Waals surface area contributed by atoms with Crippen molar-refractivity contribution < 1.29 is 0 Å². The van der Waals surface area contributed by atoms with Crippen LogP contribution in [0.1, 0.15) is 126 Å². The van der Waals surface area contributed by atoms with Crippen molar-refractivity contribution >= 4 is 21.6 Å². The summed E-state index contributed by atoms with van der Waals surface area (Å²) in [5.41, 5.74) is 15.0. The van der Waals surface area contributed by atoms with Gasteiger partial charge in [0.15, 0.2) is 0 Å². The molecule has 7 unspecified atom stereocenters. The minimum absolute atomic E-state index is 0.470. The Hall–Kier alpha value is -0.220. The molecule has 36 heavy (non-hydrogen) atoms. The molecule has 0 aliphatic heterocycles. The van der Waals surface area contributed by atoms with Crippen molar-refractivity contribution in [2.45, 2.75) is 131 Å². The van der Waals surface area contributed by atoms with Gasteiger partial charge in [-0.25, -0.2) is 0 Å². The fourth-order valence-corrected chi connectivity index (χ4v) is 10.7. The molecule has 3 saturated carbocycles. The van der Waals surface area contributed by atoms with E-state index in [4.69, 9.17) is 11.5 Å². The average Bonchev–Trinajstić information content (AvgIpc) is 3.22. The molecule has 0 aromatic rings. The van der Waals surface area contributed by atoms with Crippen LogP contribution in [-0.2, 0) is 0 Å². The zero-order valence-corrected chi connectivity index (χ0v) is 26.7. The summed E-state index contributed by atoms with van der Waals surface area (Å²) in [6.07, 6.45) is 19.4. The van der Waals surface area contributed by atoms with Gasteiger partial charge in [-0.3, -0.25) is 0 Å². The fraction of sp³-hybridized carbons (Fsp3) is 0.875. The monoisotopic (exact) mass is 536 g/mol. The van der Waals surface area contributed by atoms with Gasteiger partial charge in [0, 0.05) is 22.9 Å². The van der Waals surface area contributed by atoms with E-state index in [1.54, 1.807) is 11.8 Å². The SMILES string of the molecule is CC(C)C1CCC2C3CC=C4CC(SSC/C(N)=C/N)CCC4(C)C3CCC12C.CCC.CCCC. The third kappa shape index (κ3) is 7.25. The molecule has 4 aliphatic carbocycles. The minimum Gasteiger partial charge on any atom is -0.403 e. The summed E-state index contributed by atoms with van der Waals surface area (Å²) in [5.74, 6) is 5.48. The lowest BCUT2D eigenvalue weighted by molar-refractivity contribution is -0.0477. The molecule has 4 rings (SSSR count). The molecule has 0 radical (unpaired) electrons. The van der Waals surface area contributed by atoms with Crippen LogP contribution in [0.25, 0.3) is 0 Å². The molecule has 0 aromatic heterocycles. The summed E-state index contributed by atoms with van der Waals surface area (Å²) in [6.45, 7) is 18.9. The second kappa shape index (κ2) is 14.8. The van der Waals surface area contributed by atoms with E-state index in [9.17, 15) is 0 Å². The Kier molecular flexibility index (Phi) is 13.2. The summed E-state index contributed by atoms with van der Waals surface area (Å²) < 4.78 is 0. The fourth-order valence-electron chi connectivity index (χ4n) is 8.09. The van der Waals surface area contributed by atoms with Crippen molar-refractivity contribution in [1.82, 2.24) is 0 Å². The van der Waals surface area contributed by atoms with Crippen molar-refractivity contribution in [2.24, 2.45) is 51.9 Å². The highest BCUT2D eigenvalue weighted by atomic mass is 33.1. The van der Waals surface area contributed by atoms with Gasteiger partial charge in [0.1, 0.15) is 0 Å². The lowest BCUT2D eigenvalue weighted by Crippen LogP contribution is -2.50. The van der Waals surface area contributed by atoms with Gasteiger partial charge in [-0.1, -0.05) is 108 Å². The van der Waals surface area contributed by atoms with Gasteiger partial charge < -0.3 is 11.5 Å². The van der Waals surface area contributed by atoms with Gasteiger partial charge in [0.05, 0.1) is 0 Å². The maximum Gasteiger partial charge on any atom is 0.0449 e. The van der Waals surface area contributed by atoms with Gasteiger partial charge in [0.2, 0.25) is 0 Å². The second-order valence-corrected chi connectivity index (χ2v) is 15.6. The van der Waals surface area contributed by atoms with Crippen LogP contribution in [0.3, 0.4) is 0 Å². The molecule has 2 nitrogen and oxygen atoms in total. The Morgan fingerprint density at radius 2 is 1.69 bits per heavy atom. The van der Waals surface area contributed by atoms with E-state index in [0.717, 1.165) is 46.3 Å². The Bertz CT molecular complexity index is 715. The molecule has 3 fully saturated rings. The number of fused-ring (bicyclic) bond motifs is 5. The molecule has 7 atom stereocenters. The van der Waals surface area contributed by atoms with Crippen LogP contribution in [0, 0.1) is 40.4 Å². The highest BCUT2D eigenvalue weighted by Gasteiger charge is 2.58. The summed E-state index contributed by atoms with van der Waals surface area (Å²) in [6, 6.07) is 0. The van der Waals surface area contributed by atoms with E-state index >= 15 is 0 Å². The smallest absolute Gasteiger partial charge is 0.0449 e. The molecule has 0 spiro atoms. The predicted octanol–water partition coefficient (Wildman–Crippen LogP) is 9.95. The van der Waals surface area contributed by atoms with Gasteiger partial charge in [-0.15, -0.1) is 0 Å².